The number of pyridine rings is 1. The Kier molecular flexibility index (Phi) is 10.9. The number of hydrogen-bond acceptors (Lipinski definition) is 8. The average molecular weight is 735 g/mol. The Morgan fingerprint density at radius 3 is 2.21 bits per heavy atom. The number of nitrogens with zero attached hydrogens (tertiary/aromatic N) is 4. The lowest BCUT2D eigenvalue weighted by Crippen LogP contribution is -2.41. The fourth-order valence-electron chi connectivity index (χ4n) is 6.96. The van der Waals surface area contributed by atoms with Crippen molar-refractivity contribution in [3.63, 3.8) is 0 Å². The van der Waals surface area contributed by atoms with E-state index in [1.54, 1.807) is 12.5 Å². The highest BCUT2D eigenvalue weighted by Gasteiger charge is 2.35. The van der Waals surface area contributed by atoms with Crippen LogP contribution in [-0.2, 0) is 19.4 Å². The number of amides is 1. The first kappa shape index (κ1) is 35.9. The van der Waals surface area contributed by atoms with Crippen molar-refractivity contribution in [3.05, 3.63) is 118 Å². The minimum Gasteiger partial charge on any atom is -0.490 e. The van der Waals surface area contributed by atoms with Crippen molar-refractivity contribution in [2.24, 2.45) is 0 Å². The van der Waals surface area contributed by atoms with Gasteiger partial charge in [-0.15, -0.1) is 0 Å². The predicted molar refractivity (Wildman–Crippen MR) is 205 cm³/mol. The second-order valence-corrected chi connectivity index (χ2v) is 13.1. The number of hydrogen-bond donors (Lipinski definition) is 0. The van der Waals surface area contributed by atoms with Crippen LogP contribution in [0.5, 0.6) is 23.0 Å². The zero-order valence-electron chi connectivity index (χ0n) is 30.4. The molecule has 7 rings (SSSR count). The molecule has 0 bridgehead atoms. The molecule has 274 valence electrons. The molecule has 1 atom stereocenters. The van der Waals surface area contributed by atoms with E-state index in [1.807, 2.05) is 104 Å². The number of rotatable bonds is 14. The average Bonchev–Trinajstić information content (AvgIpc) is 3.85. The predicted octanol–water partition coefficient (Wildman–Crippen LogP) is 8.97. The molecule has 0 spiro atoms. The van der Waals surface area contributed by atoms with Crippen LogP contribution in [0.3, 0.4) is 0 Å². The monoisotopic (exact) mass is 734 g/mol. The van der Waals surface area contributed by atoms with Crippen LogP contribution >= 0.6 is 11.6 Å². The van der Waals surface area contributed by atoms with Crippen molar-refractivity contribution >= 4 is 28.5 Å². The fourth-order valence-corrected chi connectivity index (χ4v) is 7.09. The van der Waals surface area contributed by atoms with Crippen LogP contribution in [0.25, 0.3) is 22.5 Å². The summed E-state index contributed by atoms with van der Waals surface area (Å²) in [5.41, 5.74) is 5.77. The Morgan fingerprint density at radius 1 is 0.830 bits per heavy atom. The molecule has 1 unspecified atom stereocenters. The van der Waals surface area contributed by atoms with Crippen molar-refractivity contribution in [2.75, 3.05) is 33.0 Å². The Hall–Kier alpha value is -5.48. The molecule has 53 heavy (non-hydrogen) atoms. The standard InChI is InChI=1S/C42H43ClN4O6/c1-5-49-37-16-13-28(21-38(37)50-6-2)20-35-31-24-40(52-8-4)39(51-7-3)22-29(31)17-18-46(35)42(48)32-23-34(36-10-9-19-53-36)45-41-33(32)25-44-47(41)26-27-11-14-30(43)15-12-27/h9-16,19,21-25,35H,5-8,17-18,20,26H2,1-4H3. The van der Waals surface area contributed by atoms with E-state index in [-0.39, 0.29) is 11.9 Å². The minimum absolute atomic E-state index is 0.130. The van der Waals surface area contributed by atoms with Crippen LogP contribution in [0.1, 0.15) is 66.3 Å². The third kappa shape index (κ3) is 7.55. The molecule has 3 aromatic carbocycles. The van der Waals surface area contributed by atoms with E-state index < -0.39 is 0 Å². The maximum Gasteiger partial charge on any atom is 0.255 e. The normalized spacial score (nSPS) is 13.9. The number of benzene rings is 3. The lowest BCUT2D eigenvalue weighted by atomic mass is 9.87. The first-order valence-electron chi connectivity index (χ1n) is 18.2. The zero-order valence-corrected chi connectivity index (χ0v) is 31.2. The van der Waals surface area contributed by atoms with E-state index in [1.165, 1.54) is 0 Å². The van der Waals surface area contributed by atoms with Gasteiger partial charge in [-0.2, -0.15) is 5.10 Å². The van der Waals surface area contributed by atoms with Gasteiger partial charge in [0.2, 0.25) is 0 Å². The Labute approximate surface area is 314 Å². The van der Waals surface area contributed by atoms with Crippen LogP contribution < -0.4 is 18.9 Å². The summed E-state index contributed by atoms with van der Waals surface area (Å²) in [5, 5.41) is 6.03. The van der Waals surface area contributed by atoms with Gasteiger partial charge in [0, 0.05) is 11.6 Å². The molecular weight excluding hydrogens is 692 g/mol. The van der Waals surface area contributed by atoms with Crippen LogP contribution in [0.4, 0.5) is 0 Å². The van der Waals surface area contributed by atoms with Crippen LogP contribution in [0.2, 0.25) is 5.02 Å². The largest absolute Gasteiger partial charge is 0.490 e. The lowest BCUT2D eigenvalue weighted by molar-refractivity contribution is 0.0661. The number of aromatic nitrogens is 3. The maximum atomic E-state index is 15.2. The summed E-state index contributed by atoms with van der Waals surface area (Å²) in [7, 11) is 0. The van der Waals surface area contributed by atoms with Gasteiger partial charge in [0.1, 0.15) is 5.69 Å². The van der Waals surface area contributed by atoms with E-state index in [0.29, 0.717) is 108 Å². The SMILES string of the molecule is CCOc1ccc(CC2c3cc(OCC)c(OCC)cc3CCN2C(=O)c2cc(-c3ccco3)nc3c2cnn3Cc2ccc(Cl)cc2)cc1OCC. The third-order valence-corrected chi connectivity index (χ3v) is 9.57. The summed E-state index contributed by atoms with van der Waals surface area (Å²) < 4.78 is 31.6. The van der Waals surface area contributed by atoms with Gasteiger partial charge in [-0.3, -0.25) is 4.79 Å². The van der Waals surface area contributed by atoms with Crippen LogP contribution in [0, 0.1) is 0 Å². The summed E-state index contributed by atoms with van der Waals surface area (Å²) in [6, 6.07) is 22.9. The molecule has 0 saturated heterocycles. The number of ether oxygens (including phenoxy) is 4. The van der Waals surface area contributed by atoms with Crippen molar-refractivity contribution in [2.45, 2.75) is 53.1 Å². The summed E-state index contributed by atoms with van der Waals surface area (Å²) >= 11 is 6.17. The second-order valence-electron chi connectivity index (χ2n) is 12.7. The molecule has 11 heteroatoms. The van der Waals surface area contributed by atoms with E-state index >= 15 is 4.79 Å². The number of fused-ring (bicyclic) bond motifs is 2. The van der Waals surface area contributed by atoms with Crippen molar-refractivity contribution < 1.29 is 28.2 Å². The van der Waals surface area contributed by atoms with E-state index in [0.717, 1.165) is 22.3 Å². The summed E-state index contributed by atoms with van der Waals surface area (Å²) in [6.45, 7) is 10.8. The van der Waals surface area contributed by atoms with Crippen molar-refractivity contribution in [3.8, 4) is 34.5 Å². The third-order valence-electron chi connectivity index (χ3n) is 9.32. The van der Waals surface area contributed by atoms with E-state index in [9.17, 15) is 0 Å². The number of halogens is 1. The second kappa shape index (κ2) is 16.0. The number of carbonyl (C=O) groups is 1. The smallest absolute Gasteiger partial charge is 0.255 e. The van der Waals surface area contributed by atoms with Gasteiger partial charge < -0.3 is 28.3 Å². The molecule has 0 saturated carbocycles. The van der Waals surface area contributed by atoms with Gasteiger partial charge in [-0.1, -0.05) is 29.8 Å². The molecule has 4 heterocycles. The molecular formula is C42H43ClN4O6. The molecule has 1 aliphatic rings. The van der Waals surface area contributed by atoms with Crippen molar-refractivity contribution in [1.29, 1.82) is 0 Å². The highest BCUT2D eigenvalue weighted by molar-refractivity contribution is 6.30. The summed E-state index contributed by atoms with van der Waals surface area (Å²) in [5.74, 6) is 3.16. The molecule has 3 aromatic heterocycles. The summed E-state index contributed by atoms with van der Waals surface area (Å²) in [6.07, 6.45) is 4.50. The molecule has 6 aromatic rings. The molecule has 1 amide bonds. The minimum atomic E-state index is -0.340. The van der Waals surface area contributed by atoms with Crippen molar-refractivity contribution in [1.82, 2.24) is 19.7 Å². The van der Waals surface area contributed by atoms with E-state index in [2.05, 4.69) is 6.07 Å². The molecule has 10 nitrogen and oxygen atoms in total. The van der Waals surface area contributed by atoms with Gasteiger partial charge in [-0.25, -0.2) is 9.67 Å². The Balaban J connectivity index is 1.34. The highest BCUT2D eigenvalue weighted by atomic mass is 35.5. The van der Waals surface area contributed by atoms with E-state index in [4.69, 9.17) is 45.0 Å². The molecule has 0 aliphatic carbocycles. The Morgan fingerprint density at radius 2 is 1.51 bits per heavy atom. The molecule has 0 N–H and O–H groups in total. The lowest BCUT2D eigenvalue weighted by Gasteiger charge is -2.38. The zero-order chi connectivity index (χ0) is 36.9. The van der Waals surface area contributed by atoms with Crippen LogP contribution in [-0.4, -0.2) is 58.5 Å². The molecule has 1 aliphatic heterocycles. The van der Waals surface area contributed by atoms with Crippen LogP contribution in [0.15, 0.2) is 89.7 Å². The van der Waals surface area contributed by atoms with Gasteiger partial charge in [0.05, 0.1) is 62.4 Å². The van der Waals surface area contributed by atoms with Gasteiger partial charge in [-0.05, 0) is 117 Å². The molecule has 0 radical (unpaired) electrons. The highest BCUT2D eigenvalue weighted by Crippen LogP contribution is 2.42. The first-order valence-corrected chi connectivity index (χ1v) is 18.5. The topological polar surface area (TPSA) is 101 Å². The van der Waals surface area contributed by atoms with Gasteiger partial charge in [0.25, 0.3) is 5.91 Å². The van der Waals surface area contributed by atoms with Gasteiger partial charge >= 0.3 is 0 Å². The number of carbonyl (C=O) groups excluding carboxylic acids is 1. The van der Waals surface area contributed by atoms with Gasteiger partial charge in [0.15, 0.2) is 34.4 Å². The maximum absolute atomic E-state index is 15.2. The first-order chi connectivity index (χ1) is 25.9. The fraction of sp³-hybridized carbons (Fsp3) is 0.310. The number of furan rings is 1. The quantitative estimate of drug-likeness (QED) is 0.109. The molecule has 0 fully saturated rings. The Bertz CT molecular complexity index is 2200. The summed E-state index contributed by atoms with van der Waals surface area (Å²) in [4.78, 5) is 22.1.